The smallest absolute Gasteiger partial charge is 0.407 e. The zero-order chi connectivity index (χ0) is 20.9. The Morgan fingerprint density at radius 1 is 1.00 bits per heavy atom. The third-order valence-corrected chi connectivity index (χ3v) is 5.49. The number of hydrogen-bond donors (Lipinski definition) is 1. The Morgan fingerprint density at radius 3 is 2.30 bits per heavy atom. The number of hydrogen-bond acceptors (Lipinski definition) is 3. The lowest BCUT2D eigenvalue weighted by Crippen LogP contribution is -2.26. The topological polar surface area (TPSA) is 55.4 Å². The summed E-state index contributed by atoms with van der Waals surface area (Å²) in [6, 6.07) is 21.5. The second-order valence-corrected chi connectivity index (χ2v) is 7.41. The Balaban J connectivity index is 1.33. The molecule has 1 amide bonds. The van der Waals surface area contributed by atoms with Gasteiger partial charge in [0.1, 0.15) is 12.9 Å². The van der Waals surface area contributed by atoms with Gasteiger partial charge in [-0.2, -0.15) is 0 Å². The first kappa shape index (κ1) is 19.9. The third kappa shape index (κ3) is 4.14. The predicted octanol–water partition coefficient (Wildman–Crippen LogP) is 5.70. The molecular formula is C25H20ClNO3. The normalized spacial score (nSPS) is 12.4. The van der Waals surface area contributed by atoms with Gasteiger partial charge in [0.15, 0.2) is 0 Å². The molecule has 3 aromatic carbocycles. The van der Waals surface area contributed by atoms with Crippen molar-refractivity contribution in [2.75, 3.05) is 13.2 Å². The van der Waals surface area contributed by atoms with Crippen LogP contribution in [-0.4, -0.2) is 25.5 Å². The zero-order valence-electron chi connectivity index (χ0n) is 16.2. The summed E-state index contributed by atoms with van der Waals surface area (Å²) in [5, 5.41) is 3.20. The second kappa shape index (κ2) is 8.97. The van der Waals surface area contributed by atoms with Crippen LogP contribution in [0.5, 0.6) is 0 Å². The molecule has 4 rings (SSSR count). The highest BCUT2D eigenvalue weighted by atomic mass is 35.5. The van der Waals surface area contributed by atoms with Crippen molar-refractivity contribution in [2.45, 2.75) is 5.92 Å². The predicted molar refractivity (Wildman–Crippen MR) is 119 cm³/mol. The van der Waals surface area contributed by atoms with Crippen LogP contribution in [0.25, 0.3) is 17.2 Å². The highest BCUT2D eigenvalue weighted by molar-refractivity contribution is 6.32. The first-order valence-corrected chi connectivity index (χ1v) is 10.1. The summed E-state index contributed by atoms with van der Waals surface area (Å²) in [5.74, 6) is 0.0360. The fourth-order valence-electron chi connectivity index (χ4n) is 3.73. The number of nitrogens with one attached hydrogen (secondary N) is 1. The highest BCUT2D eigenvalue weighted by Crippen LogP contribution is 2.44. The minimum atomic E-state index is -0.469. The molecular weight excluding hydrogens is 398 g/mol. The maximum absolute atomic E-state index is 12.2. The maximum Gasteiger partial charge on any atom is 0.407 e. The molecule has 1 aliphatic rings. The van der Waals surface area contributed by atoms with Crippen LogP contribution in [0.3, 0.4) is 0 Å². The van der Waals surface area contributed by atoms with Crippen LogP contribution in [-0.2, 0) is 4.74 Å². The van der Waals surface area contributed by atoms with Gasteiger partial charge in [-0.05, 0) is 33.9 Å². The third-order valence-electron chi connectivity index (χ3n) is 5.17. The number of ether oxygens (including phenoxy) is 1. The summed E-state index contributed by atoms with van der Waals surface area (Å²) in [6.45, 7) is 0.588. The fourth-order valence-corrected chi connectivity index (χ4v) is 3.98. The SMILES string of the molecule is O=Cc1ccc(C=CCNC(=O)OCC2c3ccccc3-c3ccccc32)c(Cl)c1. The molecule has 4 nitrogen and oxygen atoms in total. The van der Waals surface area contributed by atoms with E-state index in [2.05, 4.69) is 29.6 Å². The van der Waals surface area contributed by atoms with E-state index in [0.29, 0.717) is 17.1 Å². The molecule has 0 spiro atoms. The molecule has 1 N–H and O–H groups in total. The lowest BCUT2D eigenvalue weighted by Gasteiger charge is -2.14. The van der Waals surface area contributed by atoms with E-state index in [4.69, 9.17) is 16.3 Å². The summed E-state index contributed by atoms with van der Waals surface area (Å²) in [7, 11) is 0. The number of carbonyl (C=O) groups excluding carboxylic acids is 2. The van der Waals surface area contributed by atoms with Crippen molar-refractivity contribution in [2.24, 2.45) is 0 Å². The van der Waals surface area contributed by atoms with Gasteiger partial charge >= 0.3 is 6.09 Å². The van der Waals surface area contributed by atoms with Gasteiger partial charge in [-0.25, -0.2) is 4.79 Å². The first-order chi connectivity index (χ1) is 14.7. The van der Waals surface area contributed by atoms with E-state index in [1.807, 2.05) is 24.3 Å². The fraction of sp³-hybridized carbons (Fsp3) is 0.120. The summed E-state index contributed by atoms with van der Waals surface area (Å²) in [5.41, 5.74) is 6.05. The number of rotatable bonds is 6. The van der Waals surface area contributed by atoms with Crippen molar-refractivity contribution >= 4 is 30.1 Å². The standard InChI is InChI=1S/C25H20ClNO3/c26-24-14-17(15-28)11-12-18(24)6-5-13-27-25(29)30-16-23-21-9-3-1-7-19(21)20-8-2-4-10-22(20)23/h1-12,14-15,23H,13,16H2,(H,27,29). The van der Waals surface area contributed by atoms with Crippen molar-refractivity contribution in [3.05, 3.63) is 100 Å². The molecule has 150 valence electrons. The quantitative estimate of drug-likeness (QED) is 0.523. The van der Waals surface area contributed by atoms with Crippen molar-refractivity contribution < 1.29 is 14.3 Å². The molecule has 0 unspecified atom stereocenters. The monoisotopic (exact) mass is 417 g/mol. The van der Waals surface area contributed by atoms with Crippen LogP contribution in [0.4, 0.5) is 4.79 Å². The van der Waals surface area contributed by atoms with Crippen molar-refractivity contribution in [1.82, 2.24) is 5.32 Å². The Bertz CT molecular complexity index is 1080. The first-order valence-electron chi connectivity index (χ1n) is 9.67. The molecule has 0 saturated heterocycles. The molecule has 5 heteroatoms. The van der Waals surface area contributed by atoms with E-state index in [1.54, 1.807) is 30.4 Å². The van der Waals surface area contributed by atoms with Gasteiger partial charge in [0.25, 0.3) is 0 Å². The van der Waals surface area contributed by atoms with Crippen LogP contribution in [0.1, 0.15) is 33.0 Å². The van der Waals surface area contributed by atoms with E-state index in [9.17, 15) is 9.59 Å². The summed E-state index contributed by atoms with van der Waals surface area (Å²) < 4.78 is 5.50. The van der Waals surface area contributed by atoms with Gasteiger partial charge < -0.3 is 10.1 Å². The van der Waals surface area contributed by atoms with Crippen LogP contribution in [0.15, 0.2) is 72.8 Å². The summed E-state index contributed by atoms with van der Waals surface area (Å²) in [4.78, 5) is 22.9. The molecule has 0 fully saturated rings. The maximum atomic E-state index is 12.2. The number of aldehydes is 1. The van der Waals surface area contributed by atoms with Crippen molar-refractivity contribution in [1.29, 1.82) is 0 Å². The molecule has 0 atom stereocenters. The molecule has 3 aromatic rings. The Kier molecular flexibility index (Phi) is 5.96. The van der Waals surface area contributed by atoms with E-state index >= 15 is 0 Å². The molecule has 0 aromatic heterocycles. The zero-order valence-corrected chi connectivity index (χ0v) is 16.9. The van der Waals surface area contributed by atoms with Crippen LogP contribution < -0.4 is 5.32 Å². The van der Waals surface area contributed by atoms with E-state index in [0.717, 1.165) is 11.8 Å². The van der Waals surface area contributed by atoms with Crippen LogP contribution in [0.2, 0.25) is 5.02 Å². The van der Waals surface area contributed by atoms with Gasteiger partial charge in [0.05, 0.1) is 0 Å². The highest BCUT2D eigenvalue weighted by Gasteiger charge is 2.28. The number of fused-ring (bicyclic) bond motifs is 3. The summed E-state index contributed by atoms with van der Waals surface area (Å²) in [6.07, 6.45) is 3.85. The van der Waals surface area contributed by atoms with E-state index in [1.165, 1.54) is 22.3 Å². The van der Waals surface area contributed by atoms with Crippen LogP contribution in [0, 0.1) is 0 Å². The Morgan fingerprint density at radius 2 is 1.67 bits per heavy atom. The molecule has 0 bridgehead atoms. The average Bonchev–Trinajstić information content (AvgIpc) is 3.10. The molecule has 0 aliphatic heterocycles. The van der Waals surface area contributed by atoms with Gasteiger partial charge in [-0.15, -0.1) is 0 Å². The Labute approximate surface area is 180 Å². The van der Waals surface area contributed by atoms with Gasteiger partial charge in [0, 0.05) is 23.0 Å². The largest absolute Gasteiger partial charge is 0.449 e. The Hall–Kier alpha value is -3.37. The number of carbonyl (C=O) groups is 2. The minimum Gasteiger partial charge on any atom is -0.449 e. The van der Waals surface area contributed by atoms with Crippen LogP contribution >= 0.6 is 11.6 Å². The lowest BCUT2D eigenvalue weighted by molar-refractivity contribution is 0.112. The number of benzene rings is 3. The second-order valence-electron chi connectivity index (χ2n) is 7.01. The number of alkyl carbamates (subject to hydrolysis) is 1. The van der Waals surface area contributed by atoms with Crippen molar-refractivity contribution in [3.63, 3.8) is 0 Å². The van der Waals surface area contributed by atoms with E-state index < -0.39 is 6.09 Å². The lowest BCUT2D eigenvalue weighted by atomic mass is 9.98. The van der Waals surface area contributed by atoms with E-state index in [-0.39, 0.29) is 12.5 Å². The van der Waals surface area contributed by atoms with Gasteiger partial charge in [-0.3, -0.25) is 4.79 Å². The average molecular weight is 418 g/mol. The number of halogens is 1. The molecule has 0 saturated carbocycles. The molecule has 0 heterocycles. The van der Waals surface area contributed by atoms with Crippen molar-refractivity contribution in [3.8, 4) is 11.1 Å². The van der Waals surface area contributed by atoms with Gasteiger partial charge in [-0.1, -0.05) is 84.4 Å². The molecule has 1 aliphatic carbocycles. The summed E-state index contributed by atoms with van der Waals surface area (Å²) >= 11 is 6.13. The van der Waals surface area contributed by atoms with Gasteiger partial charge in [0.2, 0.25) is 0 Å². The molecule has 0 radical (unpaired) electrons. The minimum absolute atomic E-state index is 0.0360. The number of amides is 1. The molecule has 30 heavy (non-hydrogen) atoms.